The van der Waals surface area contributed by atoms with Crippen molar-refractivity contribution in [3.05, 3.63) is 52.9 Å². The van der Waals surface area contributed by atoms with Crippen molar-refractivity contribution in [3.63, 3.8) is 0 Å². The Labute approximate surface area is 134 Å². The lowest BCUT2D eigenvalue weighted by Crippen LogP contribution is -2.27. The fourth-order valence-electron chi connectivity index (χ4n) is 2.19. The standard InChI is InChI=1S/C16H18ClN3O2/c1-11-4-3-5-12(6-11)7-13(16(21)22-2)8-19-15-14(17)9-18-10-20-15/h3-6,9-10,13H,7-8H2,1-2H3,(H,18,19,20). The Morgan fingerprint density at radius 2 is 2.27 bits per heavy atom. The van der Waals surface area contributed by atoms with Gasteiger partial charge in [-0.15, -0.1) is 0 Å². The lowest BCUT2D eigenvalue weighted by molar-refractivity contribution is -0.144. The first-order valence-electron chi connectivity index (χ1n) is 6.93. The molecule has 1 atom stereocenters. The molecule has 1 heterocycles. The molecule has 2 aromatic rings. The number of hydrogen-bond acceptors (Lipinski definition) is 5. The van der Waals surface area contributed by atoms with E-state index in [1.165, 1.54) is 19.6 Å². The van der Waals surface area contributed by atoms with Gasteiger partial charge in [-0.2, -0.15) is 0 Å². The van der Waals surface area contributed by atoms with E-state index < -0.39 is 0 Å². The summed E-state index contributed by atoms with van der Waals surface area (Å²) in [5.41, 5.74) is 2.25. The number of benzene rings is 1. The molecule has 22 heavy (non-hydrogen) atoms. The van der Waals surface area contributed by atoms with Gasteiger partial charge in [0.2, 0.25) is 0 Å². The number of ether oxygens (including phenoxy) is 1. The number of anilines is 1. The molecule has 0 radical (unpaired) electrons. The largest absolute Gasteiger partial charge is 0.469 e. The molecule has 1 unspecified atom stereocenters. The highest BCUT2D eigenvalue weighted by atomic mass is 35.5. The fraction of sp³-hybridized carbons (Fsp3) is 0.312. The summed E-state index contributed by atoms with van der Waals surface area (Å²) in [5, 5.41) is 3.50. The van der Waals surface area contributed by atoms with E-state index >= 15 is 0 Å². The highest BCUT2D eigenvalue weighted by molar-refractivity contribution is 6.32. The van der Waals surface area contributed by atoms with Crippen LogP contribution in [-0.2, 0) is 16.0 Å². The Morgan fingerprint density at radius 3 is 2.95 bits per heavy atom. The number of nitrogens with zero attached hydrogens (tertiary/aromatic N) is 2. The molecule has 0 aliphatic heterocycles. The second kappa shape index (κ2) is 7.75. The van der Waals surface area contributed by atoms with E-state index in [4.69, 9.17) is 16.3 Å². The molecule has 116 valence electrons. The van der Waals surface area contributed by atoms with Gasteiger partial charge in [0.25, 0.3) is 0 Å². The molecule has 1 aromatic carbocycles. The molecule has 1 aromatic heterocycles. The third-order valence-corrected chi connectivity index (χ3v) is 3.56. The molecule has 0 aliphatic carbocycles. The molecule has 1 N–H and O–H groups in total. The van der Waals surface area contributed by atoms with Crippen molar-refractivity contribution in [3.8, 4) is 0 Å². The van der Waals surface area contributed by atoms with Crippen molar-refractivity contribution in [2.75, 3.05) is 19.0 Å². The Kier molecular flexibility index (Phi) is 5.72. The summed E-state index contributed by atoms with van der Waals surface area (Å²) in [7, 11) is 1.39. The van der Waals surface area contributed by atoms with E-state index in [2.05, 4.69) is 21.4 Å². The van der Waals surface area contributed by atoms with E-state index in [-0.39, 0.29) is 11.9 Å². The first kappa shape index (κ1) is 16.2. The molecular formula is C16H18ClN3O2. The van der Waals surface area contributed by atoms with Crippen LogP contribution < -0.4 is 5.32 Å². The number of esters is 1. The predicted octanol–water partition coefficient (Wildman–Crippen LogP) is 2.88. The summed E-state index contributed by atoms with van der Waals surface area (Å²) in [5.74, 6) is -0.0770. The average molecular weight is 320 g/mol. The number of nitrogens with one attached hydrogen (secondary N) is 1. The van der Waals surface area contributed by atoms with Gasteiger partial charge in [0.15, 0.2) is 0 Å². The van der Waals surface area contributed by atoms with Crippen LogP contribution in [0.25, 0.3) is 0 Å². The number of carbonyl (C=O) groups excluding carboxylic acids is 1. The predicted molar refractivity (Wildman–Crippen MR) is 85.9 cm³/mol. The molecule has 0 spiro atoms. The molecule has 6 heteroatoms. The number of aryl methyl sites for hydroxylation is 1. The summed E-state index contributed by atoms with van der Waals surface area (Å²) < 4.78 is 4.89. The lowest BCUT2D eigenvalue weighted by Gasteiger charge is -2.16. The Morgan fingerprint density at radius 1 is 1.45 bits per heavy atom. The van der Waals surface area contributed by atoms with E-state index in [0.29, 0.717) is 23.8 Å². The van der Waals surface area contributed by atoms with Crippen LogP contribution >= 0.6 is 11.6 Å². The molecular weight excluding hydrogens is 302 g/mol. The van der Waals surface area contributed by atoms with E-state index in [1.807, 2.05) is 25.1 Å². The minimum absolute atomic E-state index is 0.265. The van der Waals surface area contributed by atoms with Crippen molar-refractivity contribution >= 4 is 23.4 Å². The SMILES string of the molecule is COC(=O)C(CNc1ncncc1Cl)Cc1cccc(C)c1. The van der Waals surface area contributed by atoms with Crippen LogP contribution in [0.15, 0.2) is 36.8 Å². The highest BCUT2D eigenvalue weighted by Gasteiger charge is 2.20. The topological polar surface area (TPSA) is 64.1 Å². The zero-order chi connectivity index (χ0) is 15.9. The maximum Gasteiger partial charge on any atom is 0.310 e. The molecule has 0 fully saturated rings. The third kappa shape index (κ3) is 4.43. The first-order chi connectivity index (χ1) is 10.6. The monoisotopic (exact) mass is 319 g/mol. The number of hydrogen-bond donors (Lipinski definition) is 1. The van der Waals surface area contributed by atoms with Crippen molar-refractivity contribution in [2.45, 2.75) is 13.3 Å². The van der Waals surface area contributed by atoms with E-state index in [0.717, 1.165) is 11.1 Å². The fourth-order valence-corrected chi connectivity index (χ4v) is 2.36. The molecule has 5 nitrogen and oxygen atoms in total. The minimum Gasteiger partial charge on any atom is -0.469 e. The van der Waals surface area contributed by atoms with Crippen LogP contribution in [0.3, 0.4) is 0 Å². The van der Waals surface area contributed by atoms with Crippen molar-refractivity contribution in [1.82, 2.24) is 9.97 Å². The zero-order valence-electron chi connectivity index (χ0n) is 12.5. The van der Waals surface area contributed by atoms with Crippen LogP contribution in [0.5, 0.6) is 0 Å². The average Bonchev–Trinajstić information content (AvgIpc) is 2.52. The van der Waals surface area contributed by atoms with Crippen LogP contribution in [0, 0.1) is 12.8 Å². The summed E-state index contributed by atoms with van der Waals surface area (Å²) in [6.07, 6.45) is 3.50. The zero-order valence-corrected chi connectivity index (χ0v) is 13.3. The van der Waals surface area contributed by atoms with Crippen molar-refractivity contribution in [1.29, 1.82) is 0 Å². The molecule has 2 rings (SSSR count). The van der Waals surface area contributed by atoms with Gasteiger partial charge in [-0.3, -0.25) is 4.79 Å². The molecule has 0 aliphatic rings. The van der Waals surface area contributed by atoms with Crippen molar-refractivity contribution in [2.24, 2.45) is 5.92 Å². The maximum absolute atomic E-state index is 12.0. The van der Waals surface area contributed by atoms with Gasteiger partial charge in [0.05, 0.1) is 19.2 Å². The Bertz CT molecular complexity index is 649. The third-order valence-electron chi connectivity index (χ3n) is 3.28. The summed E-state index contributed by atoms with van der Waals surface area (Å²) in [4.78, 5) is 19.9. The number of rotatable bonds is 6. The van der Waals surface area contributed by atoms with Crippen LogP contribution in [-0.4, -0.2) is 29.6 Å². The lowest BCUT2D eigenvalue weighted by atomic mass is 9.98. The van der Waals surface area contributed by atoms with Gasteiger partial charge in [-0.25, -0.2) is 9.97 Å². The highest BCUT2D eigenvalue weighted by Crippen LogP contribution is 2.18. The van der Waals surface area contributed by atoms with Crippen LogP contribution in [0.4, 0.5) is 5.82 Å². The Balaban J connectivity index is 2.07. The number of methoxy groups -OCH3 is 1. The van der Waals surface area contributed by atoms with Gasteiger partial charge in [0, 0.05) is 6.54 Å². The second-order valence-electron chi connectivity index (χ2n) is 5.01. The van der Waals surface area contributed by atoms with Gasteiger partial charge >= 0.3 is 5.97 Å². The van der Waals surface area contributed by atoms with Gasteiger partial charge in [-0.1, -0.05) is 41.4 Å². The van der Waals surface area contributed by atoms with Crippen LogP contribution in [0.1, 0.15) is 11.1 Å². The molecule has 0 saturated heterocycles. The molecule has 0 saturated carbocycles. The quantitative estimate of drug-likeness (QED) is 0.829. The number of carbonyl (C=O) groups is 1. The van der Waals surface area contributed by atoms with E-state index in [1.54, 1.807) is 0 Å². The number of aromatic nitrogens is 2. The summed E-state index contributed by atoms with van der Waals surface area (Å²) in [6, 6.07) is 8.07. The second-order valence-corrected chi connectivity index (χ2v) is 5.42. The molecule has 0 bridgehead atoms. The van der Waals surface area contributed by atoms with Crippen molar-refractivity contribution < 1.29 is 9.53 Å². The van der Waals surface area contributed by atoms with E-state index in [9.17, 15) is 4.79 Å². The van der Waals surface area contributed by atoms with Gasteiger partial charge in [-0.05, 0) is 18.9 Å². The first-order valence-corrected chi connectivity index (χ1v) is 7.30. The Hall–Kier alpha value is -2.14. The summed E-state index contributed by atoms with van der Waals surface area (Å²) in [6.45, 7) is 2.41. The minimum atomic E-state index is -0.321. The molecule has 0 amide bonds. The summed E-state index contributed by atoms with van der Waals surface area (Å²) >= 11 is 6.00. The van der Waals surface area contributed by atoms with Gasteiger partial charge in [0.1, 0.15) is 17.2 Å². The number of halogens is 1. The normalized spacial score (nSPS) is 11.8. The maximum atomic E-state index is 12.0. The smallest absolute Gasteiger partial charge is 0.310 e. The van der Waals surface area contributed by atoms with Crippen LogP contribution in [0.2, 0.25) is 5.02 Å². The van der Waals surface area contributed by atoms with Gasteiger partial charge < -0.3 is 10.1 Å².